The van der Waals surface area contributed by atoms with Crippen LogP contribution in [0.15, 0.2) is 36.5 Å². The van der Waals surface area contributed by atoms with Crippen LogP contribution in [0, 0.1) is 5.92 Å². The van der Waals surface area contributed by atoms with Gasteiger partial charge in [0.05, 0.1) is 12.2 Å². The zero-order chi connectivity index (χ0) is 13.5. The summed E-state index contributed by atoms with van der Waals surface area (Å²) in [5.74, 6) is 0.471. The topological polar surface area (TPSA) is 18.5 Å². The molecule has 3 atom stereocenters. The lowest BCUT2D eigenvalue weighted by Gasteiger charge is -2.34. The SMILES string of the molecule is C=C/C=C\C(=C/C(C)C)C1OC(C)CC(CC)O1. The molecule has 1 rings (SSSR count). The van der Waals surface area contributed by atoms with Crippen molar-refractivity contribution in [2.24, 2.45) is 5.92 Å². The minimum Gasteiger partial charge on any atom is -0.345 e. The molecular weight excluding hydrogens is 224 g/mol. The van der Waals surface area contributed by atoms with Crippen molar-refractivity contribution in [3.05, 3.63) is 36.5 Å². The lowest BCUT2D eigenvalue weighted by Crippen LogP contribution is -2.37. The Bertz CT molecular complexity index is 315. The van der Waals surface area contributed by atoms with Crippen LogP contribution in [0.4, 0.5) is 0 Å². The van der Waals surface area contributed by atoms with Gasteiger partial charge in [0.2, 0.25) is 0 Å². The van der Waals surface area contributed by atoms with Gasteiger partial charge in [0.15, 0.2) is 6.29 Å². The molecule has 1 saturated heterocycles. The van der Waals surface area contributed by atoms with Gasteiger partial charge in [0.25, 0.3) is 0 Å². The molecule has 0 aromatic carbocycles. The molecule has 0 radical (unpaired) electrons. The van der Waals surface area contributed by atoms with Gasteiger partial charge in [-0.2, -0.15) is 0 Å². The standard InChI is InChI=1S/C16H26O2/c1-6-8-9-14(10-12(3)4)16-17-13(5)11-15(7-2)18-16/h6,8-10,12-13,15-16H,1,7,11H2,2-5H3/b9-8-,14-10+. The average Bonchev–Trinajstić information content (AvgIpc) is 2.33. The van der Waals surface area contributed by atoms with E-state index in [1.165, 1.54) is 0 Å². The van der Waals surface area contributed by atoms with Crippen molar-refractivity contribution in [3.8, 4) is 0 Å². The predicted molar refractivity (Wildman–Crippen MR) is 76.4 cm³/mol. The highest BCUT2D eigenvalue weighted by atomic mass is 16.7. The second-order valence-electron chi connectivity index (χ2n) is 5.19. The summed E-state index contributed by atoms with van der Waals surface area (Å²) in [6, 6.07) is 0. The second kappa shape index (κ2) is 7.55. The van der Waals surface area contributed by atoms with Crippen molar-refractivity contribution in [2.75, 3.05) is 0 Å². The van der Waals surface area contributed by atoms with Crippen molar-refractivity contribution in [1.29, 1.82) is 0 Å². The van der Waals surface area contributed by atoms with Gasteiger partial charge in [0, 0.05) is 5.57 Å². The number of hydrogen-bond acceptors (Lipinski definition) is 2. The van der Waals surface area contributed by atoms with E-state index in [-0.39, 0.29) is 12.4 Å². The highest BCUT2D eigenvalue weighted by Crippen LogP contribution is 2.26. The predicted octanol–water partition coefficient (Wildman–Crippen LogP) is 4.24. The van der Waals surface area contributed by atoms with Crippen LogP contribution in [0.3, 0.4) is 0 Å². The molecule has 1 aliphatic heterocycles. The summed E-state index contributed by atoms with van der Waals surface area (Å²) in [7, 11) is 0. The Kier molecular flexibility index (Phi) is 6.37. The van der Waals surface area contributed by atoms with Crippen LogP contribution in [-0.4, -0.2) is 18.5 Å². The maximum atomic E-state index is 5.99. The van der Waals surface area contributed by atoms with Gasteiger partial charge in [-0.25, -0.2) is 0 Å². The van der Waals surface area contributed by atoms with Crippen molar-refractivity contribution >= 4 is 0 Å². The third kappa shape index (κ3) is 4.79. The molecule has 102 valence electrons. The summed E-state index contributed by atoms with van der Waals surface area (Å²) in [5.41, 5.74) is 1.09. The molecule has 0 aromatic rings. The first-order valence-corrected chi connectivity index (χ1v) is 6.88. The monoisotopic (exact) mass is 250 g/mol. The van der Waals surface area contributed by atoms with Crippen LogP contribution < -0.4 is 0 Å². The van der Waals surface area contributed by atoms with Gasteiger partial charge < -0.3 is 9.47 Å². The molecule has 0 aromatic heterocycles. The molecule has 0 spiro atoms. The Morgan fingerprint density at radius 1 is 1.39 bits per heavy atom. The zero-order valence-corrected chi connectivity index (χ0v) is 12.1. The number of rotatable bonds is 5. The van der Waals surface area contributed by atoms with E-state index >= 15 is 0 Å². The fourth-order valence-electron chi connectivity index (χ4n) is 2.10. The molecule has 2 heteroatoms. The van der Waals surface area contributed by atoms with E-state index in [0.717, 1.165) is 18.4 Å². The third-order valence-corrected chi connectivity index (χ3v) is 2.94. The number of hydrogen-bond donors (Lipinski definition) is 0. The van der Waals surface area contributed by atoms with Crippen LogP contribution >= 0.6 is 0 Å². The Balaban J connectivity index is 2.83. The molecule has 0 amide bonds. The van der Waals surface area contributed by atoms with Gasteiger partial charge in [-0.15, -0.1) is 0 Å². The summed E-state index contributed by atoms with van der Waals surface area (Å²) in [6.07, 6.45) is 10.2. The molecule has 0 N–H and O–H groups in total. The first kappa shape index (κ1) is 15.2. The summed E-state index contributed by atoms with van der Waals surface area (Å²) in [4.78, 5) is 0. The molecule has 0 saturated carbocycles. The summed E-state index contributed by atoms with van der Waals surface area (Å²) >= 11 is 0. The van der Waals surface area contributed by atoms with E-state index in [2.05, 4.69) is 40.3 Å². The van der Waals surface area contributed by atoms with Crippen molar-refractivity contribution in [2.45, 2.75) is 59.0 Å². The summed E-state index contributed by atoms with van der Waals surface area (Å²) in [6.45, 7) is 12.3. The van der Waals surface area contributed by atoms with Crippen LogP contribution in [-0.2, 0) is 9.47 Å². The molecule has 0 aliphatic carbocycles. The van der Waals surface area contributed by atoms with Crippen molar-refractivity contribution < 1.29 is 9.47 Å². The van der Waals surface area contributed by atoms with Crippen molar-refractivity contribution in [3.63, 3.8) is 0 Å². The maximum Gasteiger partial charge on any atom is 0.184 e. The van der Waals surface area contributed by atoms with E-state index < -0.39 is 0 Å². The van der Waals surface area contributed by atoms with E-state index in [0.29, 0.717) is 12.0 Å². The summed E-state index contributed by atoms with van der Waals surface area (Å²) < 4.78 is 11.9. The lowest BCUT2D eigenvalue weighted by molar-refractivity contribution is -0.219. The molecular formula is C16H26O2. The number of allylic oxidation sites excluding steroid dienone is 3. The maximum absolute atomic E-state index is 5.99. The highest BCUT2D eigenvalue weighted by Gasteiger charge is 2.28. The Morgan fingerprint density at radius 3 is 2.67 bits per heavy atom. The van der Waals surface area contributed by atoms with Crippen LogP contribution in [0.5, 0.6) is 0 Å². The van der Waals surface area contributed by atoms with E-state index in [4.69, 9.17) is 9.47 Å². The van der Waals surface area contributed by atoms with E-state index in [1.807, 2.05) is 12.2 Å². The van der Waals surface area contributed by atoms with Gasteiger partial charge in [-0.05, 0) is 25.7 Å². The zero-order valence-electron chi connectivity index (χ0n) is 12.1. The minimum atomic E-state index is -0.239. The average molecular weight is 250 g/mol. The van der Waals surface area contributed by atoms with Crippen LogP contribution in [0.1, 0.15) is 40.5 Å². The van der Waals surface area contributed by atoms with E-state index in [1.54, 1.807) is 6.08 Å². The fourth-order valence-corrected chi connectivity index (χ4v) is 2.10. The normalized spacial score (nSPS) is 30.1. The van der Waals surface area contributed by atoms with Crippen molar-refractivity contribution in [1.82, 2.24) is 0 Å². The molecule has 1 fully saturated rings. The molecule has 0 bridgehead atoms. The Hall–Kier alpha value is -0.860. The second-order valence-corrected chi connectivity index (χ2v) is 5.19. The molecule has 2 nitrogen and oxygen atoms in total. The molecule has 3 unspecified atom stereocenters. The fraction of sp³-hybridized carbons (Fsp3) is 0.625. The van der Waals surface area contributed by atoms with Crippen LogP contribution in [0.25, 0.3) is 0 Å². The first-order valence-electron chi connectivity index (χ1n) is 6.88. The van der Waals surface area contributed by atoms with Crippen LogP contribution in [0.2, 0.25) is 0 Å². The van der Waals surface area contributed by atoms with Gasteiger partial charge in [-0.3, -0.25) is 0 Å². The number of ether oxygens (including phenoxy) is 2. The highest BCUT2D eigenvalue weighted by molar-refractivity contribution is 5.25. The largest absolute Gasteiger partial charge is 0.345 e. The molecule has 18 heavy (non-hydrogen) atoms. The molecule has 1 heterocycles. The van der Waals surface area contributed by atoms with Gasteiger partial charge in [0.1, 0.15) is 0 Å². The minimum absolute atomic E-state index is 0.239. The Morgan fingerprint density at radius 2 is 2.11 bits per heavy atom. The van der Waals surface area contributed by atoms with E-state index in [9.17, 15) is 0 Å². The summed E-state index contributed by atoms with van der Waals surface area (Å²) in [5, 5.41) is 0. The smallest absolute Gasteiger partial charge is 0.184 e. The lowest BCUT2D eigenvalue weighted by atomic mass is 10.1. The quantitative estimate of drug-likeness (QED) is 0.679. The first-order chi connectivity index (χ1) is 8.56. The Labute approximate surface area is 111 Å². The molecule has 1 aliphatic rings. The third-order valence-electron chi connectivity index (χ3n) is 2.94. The van der Waals surface area contributed by atoms with Gasteiger partial charge in [-0.1, -0.05) is 51.7 Å². The van der Waals surface area contributed by atoms with Gasteiger partial charge >= 0.3 is 0 Å².